The first-order chi connectivity index (χ1) is 10.6. The third-order valence-corrected chi connectivity index (χ3v) is 3.44. The van der Waals surface area contributed by atoms with Gasteiger partial charge in [0.2, 0.25) is 0 Å². The minimum absolute atomic E-state index is 0.0206. The summed E-state index contributed by atoms with van der Waals surface area (Å²) in [5, 5.41) is 12.9. The van der Waals surface area contributed by atoms with E-state index in [4.69, 9.17) is 4.74 Å². The second kappa shape index (κ2) is 5.84. The molecule has 0 radical (unpaired) electrons. The fraction of sp³-hybridized carbons (Fsp3) is 0.286. The van der Waals surface area contributed by atoms with Crippen LogP contribution in [-0.2, 0) is 11.2 Å². The summed E-state index contributed by atoms with van der Waals surface area (Å²) < 4.78 is 5.33. The number of aromatic nitrogens is 3. The summed E-state index contributed by atoms with van der Waals surface area (Å²) in [5.74, 6) is 0.245. The van der Waals surface area contributed by atoms with Crippen LogP contribution in [0.2, 0.25) is 0 Å². The number of benzene rings is 1. The van der Waals surface area contributed by atoms with Gasteiger partial charge in [0, 0.05) is 25.6 Å². The number of carbonyl (C=O) groups excluding carboxylic acids is 2. The van der Waals surface area contributed by atoms with Gasteiger partial charge < -0.3 is 15.0 Å². The summed E-state index contributed by atoms with van der Waals surface area (Å²) in [5.41, 5.74) is 1.86. The van der Waals surface area contributed by atoms with Crippen molar-refractivity contribution in [1.82, 2.24) is 20.7 Å². The smallest absolute Gasteiger partial charge is 0.264 e. The maximum Gasteiger partial charge on any atom is 0.264 e. The number of hydrogen-bond acceptors (Lipinski definition) is 5. The molecule has 0 saturated heterocycles. The number of rotatable bonds is 4. The van der Waals surface area contributed by atoms with Crippen molar-refractivity contribution in [3.05, 3.63) is 35.7 Å². The van der Waals surface area contributed by atoms with Gasteiger partial charge in [-0.2, -0.15) is 15.4 Å². The van der Waals surface area contributed by atoms with Crippen molar-refractivity contribution in [3.8, 4) is 5.75 Å². The summed E-state index contributed by atoms with van der Waals surface area (Å²) in [7, 11) is 1.66. The lowest BCUT2D eigenvalue weighted by molar-refractivity contribution is -0.120. The minimum Gasteiger partial charge on any atom is -0.482 e. The first-order valence-electron chi connectivity index (χ1n) is 6.81. The third kappa shape index (κ3) is 2.76. The lowest BCUT2D eigenvalue weighted by atomic mass is 10.1. The Morgan fingerprint density at radius 3 is 3.14 bits per heavy atom. The second-order valence-electron chi connectivity index (χ2n) is 4.89. The summed E-state index contributed by atoms with van der Waals surface area (Å²) >= 11 is 0. The van der Waals surface area contributed by atoms with Gasteiger partial charge in [-0.3, -0.25) is 9.59 Å². The quantitative estimate of drug-likeness (QED) is 0.836. The van der Waals surface area contributed by atoms with E-state index >= 15 is 0 Å². The highest BCUT2D eigenvalue weighted by atomic mass is 16.5. The van der Waals surface area contributed by atoms with Gasteiger partial charge in [-0.15, -0.1) is 0 Å². The predicted molar refractivity (Wildman–Crippen MR) is 77.8 cm³/mol. The van der Waals surface area contributed by atoms with E-state index in [0.29, 0.717) is 30.0 Å². The van der Waals surface area contributed by atoms with Crippen molar-refractivity contribution >= 4 is 17.5 Å². The van der Waals surface area contributed by atoms with E-state index in [-0.39, 0.29) is 18.4 Å². The minimum atomic E-state index is -0.210. The topological polar surface area (TPSA) is 100 Å². The monoisotopic (exact) mass is 301 g/mol. The van der Waals surface area contributed by atoms with Crippen LogP contribution in [0, 0.1) is 0 Å². The number of carbonyl (C=O) groups is 2. The van der Waals surface area contributed by atoms with Crippen molar-refractivity contribution in [2.24, 2.45) is 0 Å². The lowest BCUT2D eigenvalue weighted by Crippen LogP contribution is -2.35. The molecule has 2 N–H and O–H groups in total. The van der Waals surface area contributed by atoms with Gasteiger partial charge in [-0.25, -0.2) is 0 Å². The van der Waals surface area contributed by atoms with Crippen molar-refractivity contribution < 1.29 is 14.3 Å². The Kier molecular flexibility index (Phi) is 3.73. The molecule has 22 heavy (non-hydrogen) atoms. The number of likely N-dealkylation sites (N-methyl/N-ethyl adjacent to an activating group) is 1. The average Bonchev–Trinajstić information content (AvgIpc) is 3.04. The highest BCUT2D eigenvalue weighted by Gasteiger charge is 2.23. The number of anilines is 1. The fourth-order valence-corrected chi connectivity index (χ4v) is 2.17. The maximum absolute atomic E-state index is 12.1. The molecule has 8 nitrogen and oxygen atoms in total. The normalized spacial score (nSPS) is 13.5. The second-order valence-corrected chi connectivity index (χ2v) is 4.89. The first kappa shape index (κ1) is 14.1. The number of aromatic amines is 1. The van der Waals surface area contributed by atoms with E-state index in [2.05, 4.69) is 20.7 Å². The molecule has 1 aliphatic rings. The maximum atomic E-state index is 12.1. The molecule has 0 spiro atoms. The summed E-state index contributed by atoms with van der Waals surface area (Å²) in [6.07, 6.45) is 2.21. The molecule has 1 aliphatic heterocycles. The Bertz CT molecular complexity index is 699. The molecule has 8 heteroatoms. The molecule has 1 aromatic heterocycles. The Labute approximate surface area is 126 Å². The Balaban J connectivity index is 1.67. The highest BCUT2D eigenvalue weighted by molar-refractivity contribution is 6.00. The largest absolute Gasteiger partial charge is 0.482 e. The first-order valence-corrected chi connectivity index (χ1v) is 6.81. The van der Waals surface area contributed by atoms with Gasteiger partial charge in [-0.1, -0.05) is 0 Å². The van der Waals surface area contributed by atoms with Crippen LogP contribution in [-0.4, -0.2) is 47.4 Å². The van der Waals surface area contributed by atoms with Crippen molar-refractivity contribution in [2.75, 3.05) is 25.1 Å². The highest BCUT2D eigenvalue weighted by Crippen LogP contribution is 2.31. The number of H-pyrrole nitrogens is 1. The van der Waals surface area contributed by atoms with Crippen molar-refractivity contribution in [2.45, 2.75) is 6.42 Å². The number of ether oxygens (including phenoxy) is 1. The molecule has 0 fully saturated rings. The van der Waals surface area contributed by atoms with Gasteiger partial charge in [0.25, 0.3) is 11.8 Å². The average molecular weight is 301 g/mol. The standard InChI is InChI=1S/C14H15N5O3/c1-19-11-6-9(2-3-12(11)22-8-13(19)20)14(21)15-5-4-10-7-16-18-17-10/h2-3,6-7H,4-5,8H2,1H3,(H,15,21)(H,16,17,18). The van der Waals surface area contributed by atoms with Crippen LogP contribution in [0.1, 0.15) is 16.1 Å². The Hall–Kier alpha value is -2.90. The van der Waals surface area contributed by atoms with Gasteiger partial charge in [0.1, 0.15) is 5.75 Å². The Morgan fingerprint density at radius 2 is 2.36 bits per heavy atom. The number of amides is 2. The number of nitrogens with one attached hydrogen (secondary N) is 2. The molecule has 2 aromatic rings. The zero-order chi connectivity index (χ0) is 15.5. The van der Waals surface area contributed by atoms with Crippen LogP contribution in [0.3, 0.4) is 0 Å². The summed E-state index contributed by atoms with van der Waals surface area (Å²) in [6, 6.07) is 5.02. The molecular formula is C14H15N5O3. The molecule has 2 amide bonds. The van der Waals surface area contributed by atoms with E-state index in [0.717, 1.165) is 5.69 Å². The molecule has 0 saturated carbocycles. The number of hydrogen-bond donors (Lipinski definition) is 2. The van der Waals surface area contributed by atoms with E-state index in [1.54, 1.807) is 31.4 Å². The van der Waals surface area contributed by atoms with Crippen LogP contribution >= 0.6 is 0 Å². The lowest BCUT2D eigenvalue weighted by Gasteiger charge is -2.26. The van der Waals surface area contributed by atoms with Crippen molar-refractivity contribution in [3.63, 3.8) is 0 Å². The van der Waals surface area contributed by atoms with Gasteiger partial charge in [-0.05, 0) is 18.2 Å². The van der Waals surface area contributed by atoms with Crippen LogP contribution < -0.4 is 15.0 Å². The zero-order valence-electron chi connectivity index (χ0n) is 12.0. The van der Waals surface area contributed by atoms with Crippen LogP contribution in [0.15, 0.2) is 24.4 Å². The van der Waals surface area contributed by atoms with E-state index in [1.807, 2.05) is 0 Å². The molecule has 114 valence electrons. The molecule has 0 aliphatic carbocycles. The summed E-state index contributed by atoms with van der Waals surface area (Å²) in [6.45, 7) is 0.473. The van der Waals surface area contributed by atoms with Crippen molar-refractivity contribution in [1.29, 1.82) is 0 Å². The molecule has 0 bridgehead atoms. The zero-order valence-corrected chi connectivity index (χ0v) is 12.0. The number of nitrogens with zero attached hydrogens (tertiary/aromatic N) is 3. The van der Waals surface area contributed by atoms with Crippen LogP contribution in [0.25, 0.3) is 0 Å². The molecule has 1 aromatic carbocycles. The molecule has 3 rings (SSSR count). The van der Waals surface area contributed by atoms with Gasteiger partial charge in [0.05, 0.1) is 17.6 Å². The van der Waals surface area contributed by atoms with E-state index in [1.165, 1.54) is 4.90 Å². The Morgan fingerprint density at radius 1 is 1.50 bits per heavy atom. The molecule has 0 unspecified atom stereocenters. The fourth-order valence-electron chi connectivity index (χ4n) is 2.17. The van der Waals surface area contributed by atoms with Gasteiger partial charge in [0.15, 0.2) is 6.61 Å². The SMILES string of the molecule is CN1C(=O)COc2ccc(C(=O)NCCc3cn[nH]n3)cc21. The number of fused-ring (bicyclic) bond motifs is 1. The summed E-state index contributed by atoms with van der Waals surface area (Å²) in [4.78, 5) is 25.3. The molecule has 0 atom stereocenters. The molecule has 2 heterocycles. The van der Waals surface area contributed by atoms with E-state index in [9.17, 15) is 9.59 Å². The third-order valence-electron chi connectivity index (χ3n) is 3.44. The van der Waals surface area contributed by atoms with Crippen LogP contribution in [0.4, 0.5) is 5.69 Å². The van der Waals surface area contributed by atoms with Gasteiger partial charge >= 0.3 is 0 Å². The van der Waals surface area contributed by atoms with E-state index < -0.39 is 0 Å². The predicted octanol–water partition coefficient (Wildman–Crippen LogP) is 0.132. The van der Waals surface area contributed by atoms with Crippen LogP contribution in [0.5, 0.6) is 5.75 Å². The molecular weight excluding hydrogens is 286 g/mol.